The first-order valence-corrected chi connectivity index (χ1v) is 19.1. The fraction of sp³-hybridized carbons (Fsp3) is 0.853. The molecule has 5 amide bonds. The number of ketones is 1. The van der Waals surface area contributed by atoms with Gasteiger partial charge < -0.3 is 26.6 Å². The molecule has 12 nitrogen and oxygen atoms in total. The number of urea groups is 1. The molecule has 266 valence electrons. The van der Waals surface area contributed by atoms with Crippen LogP contribution in [-0.2, 0) is 29.0 Å². The number of rotatable bonds is 13. The molecule has 0 radical (unpaired) electrons. The predicted molar refractivity (Wildman–Crippen MR) is 179 cm³/mol. The molecule has 1 unspecified atom stereocenters. The fourth-order valence-corrected chi connectivity index (χ4v) is 9.24. The molecular formula is C34H57N5O7S. The van der Waals surface area contributed by atoms with E-state index in [1.807, 2.05) is 13.8 Å². The number of nitrogens with zero attached hydrogens (tertiary/aromatic N) is 1. The summed E-state index contributed by atoms with van der Waals surface area (Å²) in [6.07, 6.45) is 7.54. The number of Topliss-reactive ketones (excluding diaryl/α,β-unsaturated/α-hetero) is 1. The van der Waals surface area contributed by atoms with E-state index in [4.69, 9.17) is 5.73 Å². The molecule has 4 fully saturated rings. The third kappa shape index (κ3) is 8.13. The first-order chi connectivity index (χ1) is 21.8. The van der Waals surface area contributed by atoms with Crippen molar-refractivity contribution in [2.45, 2.75) is 135 Å². The second-order valence-corrected chi connectivity index (χ2v) is 19.2. The lowest BCUT2D eigenvalue weighted by Gasteiger charge is -2.37. The summed E-state index contributed by atoms with van der Waals surface area (Å²) in [5.41, 5.74) is 5.16. The van der Waals surface area contributed by atoms with Crippen LogP contribution in [0.1, 0.15) is 106 Å². The maximum absolute atomic E-state index is 14.5. The van der Waals surface area contributed by atoms with E-state index >= 15 is 0 Å². The second kappa shape index (κ2) is 14.0. The maximum atomic E-state index is 14.5. The Hall–Kier alpha value is -2.70. The van der Waals surface area contributed by atoms with Gasteiger partial charge in [-0.15, -0.1) is 0 Å². The van der Waals surface area contributed by atoms with Gasteiger partial charge in [0.05, 0.1) is 16.5 Å². The summed E-state index contributed by atoms with van der Waals surface area (Å²) < 4.78 is 25.0. The van der Waals surface area contributed by atoms with Crippen LogP contribution in [0.4, 0.5) is 4.79 Å². The van der Waals surface area contributed by atoms with E-state index in [-0.39, 0.29) is 46.7 Å². The lowest BCUT2D eigenvalue weighted by atomic mass is 9.80. The number of primary amides is 1. The Morgan fingerprint density at radius 3 is 2.04 bits per heavy atom. The minimum absolute atomic E-state index is 0.0767. The van der Waals surface area contributed by atoms with Gasteiger partial charge in [0.2, 0.25) is 17.6 Å². The van der Waals surface area contributed by atoms with Gasteiger partial charge in [-0.2, -0.15) is 0 Å². The number of carbonyl (C=O) groups is 5. The molecule has 5 N–H and O–H groups in total. The van der Waals surface area contributed by atoms with E-state index in [1.54, 1.807) is 25.7 Å². The zero-order valence-corrected chi connectivity index (χ0v) is 30.1. The smallest absolute Gasteiger partial charge is 0.315 e. The van der Waals surface area contributed by atoms with Crippen molar-refractivity contribution in [1.82, 2.24) is 20.9 Å². The molecule has 4 rings (SSSR count). The third-order valence-corrected chi connectivity index (χ3v) is 14.2. The standard InChI is InChI=1S/C34H57N5O7S/c1-19(2)24(18-47(45,46)33(3,4)5)37-32(44)38-26(21-14-9-8-10-15-21)31(43)39-17-22-25(34(22,6)7)27(39)30(42)36-23(28(40)29(35)41)16-20-12-11-13-20/h19-27H,8-18H2,1-7H3,(H2,35,41)(H,36,42)(H2,37,38,44)/t22-,23?,24+,25-,26-,27-/m0/s1. The second-order valence-electron chi connectivity index (χ2n) is 16.4. The largest absolute Gasteiger partial charge is 0.363 e. The van der Waals surface area contributed by atoms with E-state index < -0.39 is 62.4 Å². The molecule has 0 spiro atoms. The average Bonchev–Trinajstić information content (AvgIpc) is 3.26. The van der Waals surface area contributed by atoms with Gasteiger partial charge in [0.1, 0.15) is 12.1 Å². The van der Waals surface area contributed by atoms with Crippen LogP contribution in [0.5, 0.6) is 0 Å². The number of nitrogens with one attached hydrogen (secondary N) is 3. The van der Waals surface area contributed by atoms with Crippen LogP contribution >= 0.6 is 0 Å². The topological polar surface area (TPSA) is 185 Å². The molecule has 4 aliphatic rings. The highest BCUT2D eigenvalue weighted by Crippen LogP contribution is 2.65. The van der Waals surface area contributed by atoms with Gasteiger partial charge in [0.15, 0.2) is 9.84 Å². The van der Waals surface area contributed by atoms with Crippen LogP contribution in [0, 0.1) is 35.0 Å². The zero-order chi connectivity index (χ0) is 35.1. The first-order valence-electron chi connectivity index (χ1n) is 17.5. The summed E-state index contributed by atoms with van der Waals surface area (Å²) in [5, 5.41) is 8.57. The van der Waals surface area contributed by atoms with E-state index in [0.29, 0.717) is 13.0 Å². The molecule has 0 aromatic rings. The van der Waals surface area contributed by atoms with Gasteiger partial charge in [-0.25, -0.2) is 13.2 Å². The fourth-order valence-electron chi connectivity index (χ4n) is 7.80. The molecule has 6 atom stereocenters. The summed E-state index contributed by atoms with van der Waals surface area (Å²) in [6, 6.07) is -4.09. The average molecular weight is 680 g/mol. The molecule has 13 heteroatoms. The molecule has 47 heavy (non-hydrogen) atoms. The highest BCUT2D eigenvalue weighted by atomic mass is 32.2. The molecule has 0 aromatic heterocycles. The van der Waals surface area contributed by atoms with Crippen molar-refractivity contribution < 1.29 is 32.4 Å². The summed E-state index contributed by atoms with van der Waals surface area (Å²) in [4.78, 5) is 68.2. The minimum atomic E-state index is -3.54. The molecule has 1 heterocycles. The van der Waals surface area contributed by atoms with Crippen LogP contribution in [0.2, 0.25) is 0 Å². The van der Waals surface area contributed by atoms with Crippen molar-refractivity contribution in [1.29, 1.82) is 0 Å². The van der Waals surface area contributed by atoms with Crippen LogP contribution in [0.25, 0.3) is 0 Å². The van der Waals surface area contributed by atoms with Crippen molar-refractivity contribution in [3.8, 4) is 0 Å². The van der Waals surface area contributed by atoms with Gasteiger partial charge in [-0.05, 0) is 75.0 Å². The Kier molecular flexibility index (Phi) is 11.1. The molecule has 0 aromatic carbocycles. The van der Waals surface area contributed by atoms with Crippen LogP contribution in [0.3, 0.4) is 0 Å². The Morgan fingerprint density at radius 2 is 1.53 bits per heavy atom. The van der Waals surface area contributed by atoms with E-state index in [1.165, 1.54) is 0 Å². The summed E-state index contributed by atoms with van der Waals surface area (Å²) in [7, 11) is -3.54. The number of sulfone groups is 1. The lowest BCUT2D eigenvalue weighted by molar-refractivity contribution is -0.144. The minimum Gasteiger partial charge on any atom is -0.363 e. The van der Waals surface area contributed by atoms with Crippen LogP contribution in [0.15, 0.2) is 0 Å². The Bertz CT molecular complexity index is 1330. The Morgan fingerprint density at radius 1 is 0.915 bits per heavy atom. The van der Waals surface area contributed by atoms with E-state index in [2.05, 4.69) is 29.8 Å². The van der Waals surface area contributed by atoms with Gasteiger partial charge >= 0.3 is 6.03 Å². The van der Waals surface area contributed by atoms with Gasteiger partial charge in [0.25, 0.3) is 5.91 Å². The Balaban J connectivity index is 1.55. The number of hydrogen-bond acceptors (Lipinski definition) is 7. The van der Waals surface area contributed by atoms with Crippen LogP contribution < -0.4 is 21.7 Å². The highest BCUT2D eigenvalue weighted by Gasteiger charge is 2.69. The monoisotopic (exact) mass is 679 g/mol. The van der Waals surface area contributed by atoms with Crippen molar-refractivity contribution in [3.63, 3.8) is 0 Å². The summed E-state index contributed by atoms with van der Waals surface area (Å²) in [6.45, 7) is 13.0. The number of hydrogen-bond donors (Lipinski definition) is 4. The SMILES string of the molecule is CC(C)[C@@H](CS(=O)(=O)C(C)(C)C)NC(=O)N[C@H](C(=O)N1C[C@H]2[C@@H]([C@H]1C(=O)NC(CC1CCC1)C(=O)C(N)=O)C2(C)C)C1CCCCC1. The zero-order valence-electron chi connectivity index (χ0n) is 29.3. The molecule has 3 aliphatic carbocycles. The molecular weight excluding hydrogens is 622 g/mol. The highest BCUT2D eigenvalue weighted by molar-refractivity contribution is 7.92. The van der Waals surface area contributed by atoms with Gasteiger partial charge in [-0.1, -0.05) is 66.2 Å². The molecule has 1 saturated heterocycles. The summed E-state index contributed by atoms with van der Waals surface area (Å²) >= 11 is 0. The Labute approximate surface area is 280 Å². The first kappa shape index (κ1) is 37.1. The van der Waals surface area contributed by atoms with Gasteiger partial charge in [0, 0.05) is 12.6 Å². The third-order valence-electron chi connectivity index (χ3n) is 11.6. The number of nitrogens with two attached hydrogens (primary N) is 1. The van der Waals surface area contributed by atoms with E-state index in [9.17, 15) is 32.4 Å². The number of amides is 5. The number of piperidine rings is 1. The van der Waals surface area contributed by atoms with Crippen molar-refractivity contribution in [2.75, 3.05) is 12.3 Å². The van der Waals surface area contributed by atoms with Gasteiger partial charge in [-0.3, -0.25) is 19.2 Å². The molecule has 3 saturated carbocycles. The maximum Gasteiger partial charge on any atom is 0.315 e. The van der Waals surface area contributed by atoms with Crippen molar-refractivity contribution in [2.24, 2.45) is 40.7 Å². The quantitative estimate of drug-likeness (QED) is 0.216. The summed E-state index contributed by atoms with van der Waals surface area (Å²) in [5.74, 6) is -3.15. The molecule has 1 aliphatic heterocycles. The number of likely N-dealkylation sites (tertiary alicyclic amines) is 1. The normalized spacial score (nSPS) is 26.4. The van der Waals surface area contributed by atoms with Crippen molar-refractivity contribution >= 4 is 39.4 Å². The van der Waals surface area contributed by atoms with E-state index in [0.717, 1.165) is 51.4 Å². The lowest BCUT2D eigenvalue weighted by Crippen LogP contribution is -2.61. The number of fused-ring (bicyclic) bond motifs is 1. The van der Waals surface area contributed by atoms with Crippen LogP contribution in [-0.4, -0.2) is 84.1 Å². The molecule has 0 bridgehead atoms. The number of carbonyl (C=O) groups excluding carboxylic acids is 5. The predicted octanol–water partition coefficient (Wildman–Crippen LogP) is 2.68. The van der Waals surface area contributed by atoms with Crippen molar-refractivity contribution in [3.05, 3.63) is 0 Å².